The highest BCUT2D eigenvalue weighted by Gasteiger charge is 2.28. The lowest BCUT2D eigenvalue weighted by Gasteiger charge is -2.21. The molecule has 0 unspecified atom stereocenters. The maximum atomic E-state index is 12.9. The highest BCUT2D eigenvalue weighted by atomic mass is 35.5. The van der Waals surface area contributed by atoms with Crippen LogP contribution in [-0.4, -0.2) is 38.3 Å². The summed E-state index contributed by atoms with van der Waals surface area (Å²) < 4.78 is 32.5. The minimum Gasteiger partial charge on any atom is -0.492 e. The molecule has 0 heterocycles. The molecule has 0 aliphatic heterocycles. The minimum absolute atomic E-state index is 0.0264. The number of benzene rings is 2. The fourth-order valence-corrected chi connectivity index (χ4v) is 5.32. The van der Waals surface area contributed by atoms with Gasteiger partial charge in [0.15, 0.2) is 0 Å². The van der Waals surface area contributed by atoms with Gasteiger partial charge in [0.05, 0.1) is 11.6 Å². The van der Waals surface area contributed by atoms with E-state index in [-0.39, 0.29) is 23.1 Å². The lowest BCUT2D eigenvalue weighted by molar-refractivity contribution is -0.118. The average molecular weight is 443 g/mol. The predicted octanol–water partition coefficient (Wildman–Crippen LogP) is 3.04. The van der Waals surface area contributed by atoms with Crippen molar-refractivity contribution in [2.45, 2.75) is 24.2 Å². The zero-order chi connectivity index (χ0) is 20.3. The summed E-state index contributed by atoms with van der Waals surface area (Å²) in [5.41, 5.74) is 7.81. The number of hydrogen-bond donors (Lipinski definition) is 1. The molecule has 150 valence electrons. The number of rotatable bonds is 8. The van der Waals surface area contributed by atoms with Gasteiger partial charge in [0.1, 0.15) is 17.3 Å². The van der Waals surface area contributed by atoms with E-state index >= 15 is 0 Å². The van der Waals surface area contributed by atoms with Crippen LogP contribution in [0.25, 0.3) is 0 Å². The fourth-order valence-electron chi connectivity index (χ4n) is 3.18. The summed E-state index contributed by atoms with van der Waals surface area (Å²) in [6.07, 6.45) is 3.22. The molecule has 28 heavy (non-hydrogen) atoms. The van der Waals surface area contributed by atoms with Gasteiger partial charge >= 0.3 is 0 Å². The Morgan fingerprint density at radius 3 is 2.57 bits per heavy atom. The molecular formula is C19H20Cl2N2O4S. The third-order valence-electron chi connectivity index (χ3n) is 4.52. The van der Waals surface area contributed by atoms with Crippen LogP contribution in [0.15, 0.2) is 41.3 Å². The quantitative estimate of drug-likeness (QED) is 0.679. The topological polar surface area (TPSA) is 89.7 Å². The van der Waals surface area contributed by atoms with Crippen molar-refractivity contribution in [3.63, 3.8) is 0 Å². The third kappa shape index (κ3) is 4.78. The Bertz CT molecular complexity index is 995. The number of halogens is 2. The van der Waals surface area contributed by atoms with Gasteiger partial charge in [-0.2, -0.15) is 4.31 Å². The Balaban J connectivity index is 1.73. The number of carbonyl (C=O) groups excluding carboxylic acids is 1. The number of sulfonamides is 1. The molecule has 0 aromatic heterocycles. The Labute approximate surface area is 174 Å². The van der Waals surface area contributed by atoms with Gasteiger partial charge in [0, 0.05) is 11.6 Å². The Morgan fingerprint density at radius 1 is 1.11 bits per heavy atom. The zero-order valence-corrected chi connectivity index (χ0v) is 17.4. The van der Waals surface area contributed by atoms with Gasteiger partial charge in [-0.1, -0.05) is 29.3 Å². The largest absolute Gasteiger partial charge is 0.492 e. The van der Waals surface area contributed by atoms with Crippen LogP contribution in [0.4, 0.5) is 0 Å². The molecule has 0 saturated carbocycles. The van der Waals surface area contributed by atoms with Gasteiger partial charge in [0.25, 0.3) is 0 Å². The second-order valence-corrected chi connectivity index (χ2v) is 9.26. The summed E-state index contributed by atoms with van der Waals surface area (Å²) in [5, 5.41) is 0.284. The van der Waals surface area contributed by atoms with Crippen molar-refractivity contribution in [3.8, 4) is 5.75 Å². The van der Waals surface area contributed by atoms with Crippen LogP contribution in [0.5, 0.6) is 5.75 Å². The van der Waals surface area contributed by atoms with Gasteiger partial charge in [0.2, 0.25) is 15.9 Å². The molecule has 9 heteroatoms. The number of carbonyl (C=O) groups is 1. The van der Waals surface area contributed by atoms with E-state index in [0.717, 1.165) is 23.6 Å². The van der Waals surface area contributed by atoms with E-state index in [0.29, 0.717) is 10.8 Å². The van der Waals surface area contributed by atoms with Crippen LogP contribution in [0.3, 0.4) is 0 Å². The summed E-state index contributed by atoms with van der Waals surface area (Å²) in [6, 6.07) is 9.93. The van der Waals surface area contributed by atoms with E-state index in [4.69, 9.17) is 33.7 Å². The third-order valence-corrected chi connectivity index (χ3v) is 7.09. The Hall–Kier alpha value is -1.80. The first kappa shape index (κ1) is 20.9. The van der Waals surface area contributed by atoms with Crippen molar-refractivity contribution in [1.82, 2.24) is 4.31 Å². The molecule has 6 nitrogen and oxygen atoms in total. The summed E-state index contributed by atoms with van der Waals surface area (Å²) in [5.74, 6) is -0.104. The van der Waals surface area contributed by atoms with Crippen molar-refractivity contribution >= 4 is 39.1 Å². The fraction of sp³-hybridized carbons (Fsp3) is 0.316. The number of amides is 1. The van der Waals surface area contributed by atoms with Gasteiger partial charge in [-0.25, -0.2) is 8.42 Å². The molecule has 0 fully saturated rings. The van der Waals surface area contributed by atoms with Crippen LogP contribution in [0.2, 0.25) is 10.0 Å². The lowest BCUT2D eigenvalue weighted by Crippen LogP contribution is -2.40. The monoisotopic (exact) mass is 442 g/mol. The first-order valence-corrected chi connectivity index (χ1v) is 10.9. The van der Waals surface area contributed by atoms with E-state index in [2.05, 4.69) is 0 Å². The van der Waals surface area contributed by atoms with Crippen molar-refractivity contribution in [3.05, 3.63) is 57.6 Å². The molecule has 1 aliphatic carbocycles. The maximum absolute atomic E-state index is 12.9. The van der Waals surface area contributed by atoms with E-state index in [9.17, 15) is 13.2 Å². The molecule has 3 rings (SSSR count). The summed E-state index contributed by atoms with van der Waals surface area (Å²) in [7, 11) is -4.05. The highest BCUT2D eigenvalue weighted by Crippen LogP contribution is 2.28. The number of aryl methyl sites for hydroxylation is 2. The van der Waals surface area contributed by atoms with Crippen LogP contribution >= 0.6 is 23.2 Å². The number of hydrogen-bond acceptors (Lipinski definition) is 4. The Kier molecular flexibility index (Phi) is 6.50. The van der Waals surface area contributed by atoms with Crippen LogP contribution in [0.1, 0.15) is 17.5 Å². The molecule has 0 bridgehead atoms. The molecule has 2 aromatic carbocycles. The second kappa shape index (κ2) is 8.69. The number of ether oxygens (including phenoxy) is 1. The van der Waals surface area contributed by atoms with Crippen molar-refractivity contribution in [1.29, 1.82) is 0 Å². The molecule has 0 saturated heterocycles. The first-order valence-electron chi connectivity index (χ1n) is 8.75. The smallest absolute Gasteiger partial charge is 0.245 e. The van der Waals surface area contributed by atoms with Crippen molar-refractivity contribution < 1.29 is 17.9 Å². The van der Waals surface area contributed by atoms with Gasteiger partial charge < -0.3 is 10.5 Å². The molecular weight excluding hydrogens is 423 g/mol. The van der Waals surface area contributed by atoms with Crippen molar-refractivity contribution in [2.75, 3.05) is 19.7 Å². The van der Waals surface area contributed by atoms with Crippen LogP contribution in [0, 0.1) is 0 Å². The minimum atomic E-state index is -4.05. The van der Waals surface area contributed by atoms with Crippen molar-refractivity contribution in [2.24, 2.45) is 5.73 Å². The average Bonchev–Trinajstić information content (AvgIpc) is 3.08. The molecule has 2 aromatic rings. The predicted molar refractivity (Wildman–Crippen MR) is 108 cm³/mol. The summed E-state index contributed by atoms with van der Waals surface area (Å²) in [4.78, 5) is 11.3. The molecule has 1 amide bonds. The maximum Gasteiger partial charge on any atom is 0.245 e. The SMILES string of the molecule is NC(=O)CN(CCOc1ccc2c(c1)CCC2)S(=O)(=O)c1ccc(Cl)cc1Cl. The number of fused-ring (bicyclic) bond motifs is 1. The summed E-state index contributed by atoms with van der Waals surface area (Å²) >= 11 is 11.9. The van der Waals surface area contributed by atoms with E-state index < -0.39 is 22.5 Å². The lowest BCUT2D eigenvalue weighted by atomic mass is 10.1. The molecule has 2 N–H and O–H groups in total. The molecule has 0 atom stereocenters. The van der Waals surface area contributed by atoms with E-state index in [1.54, 1.807) is 0 Å². The van der Waals surface area contributed by atoms with E-state index in [1.165, 1.54) is 29.3 Å². The number of primary amides is 1. The molecule has 0 radical (unpaired) electrons. The van der Waals surface area contributed by atoms with Gasteiger partial charge in [-0.05, 0) is 60.7 Å². The van der Waals surface area contributed by atoms with Crippen LogP contribution < -0.4 is 10.5 Å². The van der Waals surface area contributed by atoms with Gasteiger partial charge in [-0.15, -0.1) is 0 Å². The standard InChI is InChI=1S/C19H20Cl2N2O4S/c20-15-5-7-18(17(21)11-15)28(25,26)23(12-19(22)24)8-9-27-16-6-4-13-2-1-3-14(13)10-16/h4-7,10-11H,1-3,8-9,12H2,(H2,22,24). The number of nitrogens with two attached hydrogens (primary N) is 1. The zero-order valence-electron chi connectivity index (χ0n) is 15.0. The van der Waals surface area contributed by atoms with E-state index in [1.807, 2.05) is 18.2 Å². The normalized spacial score (nSPS) is 13.5. The van der Waals surface area contributed by atoms with Crippen LogP contribution in [-0.2, 0) is 27.7 Å². The molecule has 1 aliphatic rings. The second-order valence-electron chi connectivity index (χ2n) is 6.51. The Morgan fingerprint density at radius 2 is 1.86 bits per heavy atom. The van der Waals surface area contributed by atoms with Gasteiger partial charge in [-0.3, -0.25) is 4.79 Å². The number of nitrogens with zero attached hydrogens (tertiary/aromatic N) is 1. The first-order chi connectivity index (χ1) is 13.3. The molecule has 0 spiro atoms. The highest BCUT2D eigenvalue weighted by molar-refractivity contribution is 7.89. The summed E-state index contributed by atoms with van der Waals surface area (Å²) in [6.45, 7) is -0.466.